The molecule has 0 saturated carbocycles. The number of hydrogen-bond acceptors (Lipinski definition) is 2. The lowest BCUT2D eigenvalue weighted by molar-refractivity contribution is -0.254. The maximum absolute atomic E-state index is 15.4. The van der Waals surface area contributed by atoms with Crippen LogP contribution in [-0.2, 0) is 12.4 Å². The lowest BCUT2D eigenvalue weighted by Gasteiger charge is -2.25. The summed E-state index contributed by atoms with van der Waals surface area (Å²) in [6.45, 7) is 2.35. The molecular weight excluding hydrogens is 640 g/mol. The van der Waals surface area contributed by atoms with Gasteiger partial charge in [-0.05, 0) is 72.5 Å². The van der Waals surface area contributed by atoms with Gasteiger partial charge in [-0.15, -0.1) is 22.7 Å². The molecule has 14 heteroatoms. The van der Waals surface area contributed by atoms with Gasteiger partial charge in [-0.1, -0.05) is 24.3 Å². The topological polar surface area (TPSA) is 0 Å². The quantitative estimate of drug-likeness (QED) is 0.192. The molecule has 0 fully saturated rings. The molecule has 43 heavy (non-hydrogen) atoms. The van der Waals surface area contributed by atoms with E-state index in [1.54, 1.807) is 0 Å². The molecule has 0 N–H and O–H groups in total. The van der Waals surface area contributed by atoms with Crippen molar-refractivity contribution in [2.45, 2.75) is 44.0 Å². The number of hydrogen-bond donors (Lipinski definition) is 0. The maximum atomic E-state index is 15.4. The number of alkyl halides is 12. The molecule has 228 valence electrons. The molecule has 2 heterocycles. The zero-order valence-corrected chi connectivity index (χ0v) is 23.3. The zero-order valence-electron chi connectivity index (χ0n) is 21.6. The predicted octanol–water partition coefficient (Wildman–Crippen LogP) is 11.6. The van der Waals surface area contributed by atoms with Crippen LogP contribution in [0, 0.1) is 13.8 Å². The third-order valence-corrected chi connectivity index (χ3v) is 9.51. The van der Waals surface area contributed by atoms with Crippen LogP contribution in [0.1, 0.15) is 32.0 Å². The van der Waals surface area contributed by atoms with Crippen LogP contribution in [0.4, 0.5) is 52.7 Å². The van der Waals surface area contributed by atoms with Crippen LogP contribution in [0.15, 0.2) is 60.7 Å². The second-order valence-corrected chi connectivity index (χ2v) is 12.0. The summed E-state index contributed by atoms with van der Waals surface area (Å²) >= 11 is 0.706. The highest BCUT2D eigenvalue weighted by Crippen LogP contribution is 2.66. The molecule has 0 unspecified atom stereocenters. The van der Waals surface area contributed by atoms with E-state index in [1.165, 1.54) is 26.0 Å². The van der Waals surface area contributed by atoms with Gasteiger partial charge in [-0.25, -0.2) is 0 Å². The van der Waals surface area contributed by atoms with Crippen LogP contribution in [-0.4, -0.2) is 17.8 Å². The first-order valence-electron chi connectivity index (χ1n) is 12.1. The molecule has 1 aliphatic rings. The first kappa shape index (κ1) is 31.2. The van der Waals surface area contributed by atoms with Gasteiger partial charge < -0.3 is 0 Å². The summed E-state index contributed by atoms with van der Waals surface area (Å²) in [5.41, 5.74) is -6.05. The summed E-state index contributed by atoms with van der Waals surface area (Å²) in [7, 11) is 0. The monoisotopic (exact) mass is 656 g/mol. The summed E-state index contributed by atoms with van der Waals surface area (Å²) in [6.07, 6.45) is -9.51. The Kier molecular flexibility index (Phi) is 7.16. The Morgan fingerprint density at radius 2 is 0.884 bits per heavy atom. The van der Waals surface area contributed by atoms with Crippen LogP contribution >= 0.6 is 22.7 Å². The molecule has 0 amide bonds. The number of aryl methyl sites for hydroxylation is 2. The Morgan fingerprint density at radius 1 is 0.535 bits per heavy atom. The van der Waals surface area contributed by atoms with Crippen molar-refractivity contribution in [3.8, 4) is 20.9 Å². The van der Waals surface area contributed by atoms with E-state index in [2.05, 4.69) is 0 Å². The molecule has 0 bridgehead atoms. The highest BCUT2D eigenvalue weighted by molar-refractivity contribution is 7.18. The summed E-state index contributed by atoms with van der Waals surface area (Å²) in [4.78, 5) is -1.49. The van der Waals surface area contributed by atoms with Crippen molar-refractivity contribution in [2.75, 3.05) is 0 Å². The first-order chi connectivity index (χ1) is 19.7. The largest absolute Gasteiger partial charge is 0.416 e. The molecule has 0 nitrogen and oxygen atoms in total. The number of thiophene rings is 2. The Balaban J connectivity index is 1.73. The minimum absolute atomic E-state index is 0.0626. The van der Waals surface area contributed by atoms with Crippen molar-refractivity contribution in [2.24, 2.45) is 0 Å². The van der Waals surface area contributed by atoms with E-state index in [9.17, 15) is 35.1 Å². The van der Waals surface area contributed by atoms with Gasteiger partial charge >= 0.3 is 30.1 Å². The summed E-state index contributed by atoms with van der Waals surface area (Å²) in [6, 6.07) is 9.78. The van der Waals surface area contributed by atoms with Gasteiger partial charge in [0.1, 0.15) is 0 Å². The van der Waals surface area contributed by atoms with Crippen molar-refractivity contribution < 1.29 is 52.7 Å². The molecule has 4 aromatic rings. The molecule has 0 atom stereocenters. The fraction of sp³-hybridized carbons (Fsp3) is 0.241. The third-order valence-electron chi connectivity index (χ3n) is 6.91. The van der Waals surface area contributed by atoms with Gasteiger partial charge in [0.15, 0.2) is 0 Å². The molecule has 2 aromatic heterocycles. The van der Waals surface area contributed by atoms with Gasteiger partial charge in [-0.3, -0.25) is 0 Å². The molecule has 0 radical (unpaired) electrons. The van der Waals surface area contributed by atoms with Gasteiger partial charge in [-0.2, -0.15) is 52.7 Å². The predicted molar refractivity (Wildman–Crippen MR) is 141 cm³/mol. The average molecular weight is 657 g/mol. The number of allylic oxidation sites excluding steroid dienone is 2. The Bertz CT molecular complexity index is 1620. The smallest absolute Gasteiger partial charge is 0.194 e. The van der Waals surface area contributed by atoms with Crippen molar-refractivity contribution >= 4 is 33.8 Å². The zero-order chi connectivity index (χ0) is 31.9. The second-order valence-electron chi connectivity index (χ2n) is 9.88. The highest BCUT2D eigenvalue weighted by atomic mass is 32.1. The summed E-state index contributed by atoms with van der Waals surface area (Å²) in [5, 5.41) is 0. The van der Waals surface area contributed by atoms with Crippen LogP contribution in [0.5, 0.6) is 0 Å². The Hall–Kier alpha value is -3.26. The molecule has 1 aliphatic carbocycles. The van der Waals surface area contributed by atoms with E-state index in [0.717, 1.165) is 36.4 Å². The van der Waals surface area contributed by atoms with Gasteiger partial charge in [0.05, 0.1) is 22.3 Å². The van der Waals surface area contributed by atoms with Crippen molar-refractivity contribution in [1.29, 1.82) is 0 Å². The molecular formula is C29H16F12S2. The number of benzene rings is 2. The SMILES string of the molecule is Cc1cc(-c2cccc(C(F)(F)F)c2)sc1C1=C(c2sc(-c3cccc(C(F)(F)F)c3)cc2C)C(F)(F)C(F)(F)C1(F)F. The van der Waals surface area contributed by atoms with Crippen LogP contribution < -0.4 is 0 Å². The van der Waals surface area contributed by atoms with Crippen LogP contribution in [0.3, 0.4) is 0 Å². The van der Waals surface area contributed by atoms with E-state index in [0.29, 0.717) is 34.8 Å². The molecule has 0 spiro atoms. The first-order valence-corrected chi connectivity index (χ1v) is 13.8. The Morgan fingerprint density at radius 3 is 1.21 bits per heavy atom. The lowest BCUT2D eigenvalue weighted by Crippen LogP contribution is -2.48. The van der Waals surface area contributed by atoms with Crippen LogP contribution in [0.25, 0.3) is 32.0 Å². The maximum Gasteiger partial charge on any atom is 0.416 e. The van der Waals surface area contributed by atoms with E-state index in [1.807, 2.05) is 0 Å². The number of halogens is 12. The fourth-order valence-electron chi connectivity index (χ4n) is 4.78. The van der Waals surface area contributed by atoms with E-state index >= 15 is 17.6 Å². The fourth-order valence-corrected chi connectivity index (χ4v) is 7.29. The van der Waals surface area contributed by atoms with E-state index in [-0.39, 0.29) is 32.0 Å². The second kappa shape index (κ2) is 9.88. The number of rotatable bonds is 4. The molecule has 2 aromatic carbocycles. The van der Waals surface area contributed by atoms with Gasteiger partial charge in [0, 0.05) is 19.5 Å². The highest BCUT2D eigenvalue weighted by Gasteiger charge is 2.80. The lowest BCUT2D eigenvalue weighted by atomic mass is 10.0. The van der Waals surface area contributed by atoms with Crippen molar-refractivity contribution in [1.82, 2.24) is 0 Å². The summed E-state index contributed by atoms with van der Waals surface area (Å²) in [5.74, 6) is -16.7. The van der Waals surface area contributed by atoms with Crippen molar-refractivity contribution in [3.63, 3.8) is 0 Å². The summed E-state index contributed by atoms with van der Waals surface area (Å²) < 4.78 is 171. The standard InChI is InChI=1S/C29H16F12S2/c1-13-9-19(15-5-3-7-17(11-15)27(34,35)36)42-23(13)21-22(26(32,33)29(40,41)25(21,30)31)24-14(2)10-20(43-24)16-6-4-8-18(12-16)28(37,38)39/h3-12H,1-2H3. The van der Waals surface area contributed by atoms with Crippen LogP contribution in [0.2, 0.25) is 0 Å². The van der Waals surface area contributed by atoms with Gasteiger partial charge in [0.2, 0.25) is 0 Å². The average Bonchev–Trinajstić information content (AvgIpc) is 3.50. The molecule has 5 rings (SSSR count). The van der Waals surface area contributed by atoms with E-state index in [4.69, 9.17) is 0 Å². The van der Waals surface area contributed by atoms with Gasteiger partial charge in [0.25, 0.3) is 0 Å². The Labute approximate surface area is 243 Å². The normalized spacial score (nSPS) is 18.0. The molecule has 0 saturated heterocycles. The van der Waals surface area contributed by atoms with Crippen molar-refractivity contribution in [3.05, 3.63) is 92.7 Å². The minimum Gasteiger partial charge on any atom is -0.194 e. The van der Waals surface area contributed by atoms with E-state index < -0.39 is 62.1 Å². The minimum atomic E-state index is -5.90. The third kappa shape index (κ3) is 4.95. The molecule has 0 aliphatic heterocycles.